The van der Waals surface area contributed by atoms with Gasteiger partial charge in [-0.1, -0.05) is 6.07 Å². The van der Waals surface area contributed by atoms with Gasteiger partial charge in [-0.15, -0.1) is 0 Å². The first-order valence-corrected chi connectivity index (χ1v) is 8.12. The van der Waals surface area contributed by atoms with Crippen molar-refractivity contribution in [3.63, 3.8) is 0 Å². The van der Waals surface area contributed by atoms with Crippen LogP contribution in [0.15, 0.2) is 27.7 Å². The Labute approximate surface area is 148 Å². The molecule has 1 aliphatic heterocycles. The number of nitrogens with zero attached hydrogens (tertiary/aromatic N) is 1. The Bertz CT molecular complexity index is 662. The molecule has 1 heterocycles. The zero-order valence-electron chi connectivity index (χ0n) is 13.7. The highest BCUT2D eigenvalue weighted by atomic mass is 79.9. The third-order valence-electron chi connectivity index (χ3n) is 3.66. The van der Waals surface area contributed by atoms with Crippen LogP contribution in [0.4, 0.5) is 4.79 Å². The summed E-state index contributed by atoms with van der Waals surface area (Å²) in [4.78, 5) is 28.1. The summed E-state index contributed by atoms with van der Waals surface area (Å²) >= 11 is 3.41. The van der Waals surface area contributed by atoms with E-state index in [1.165, 1.54) is 7.11 Å². The maximum absolute atomic E-state index is 12.4. The maximum atomic E-state index is 12.4. The number of urea groups is 1. The first kappa shape index (κ1) is 18.4. The molecule has 0 saturated carbocycles. The average molecular weight is 399 g/mol. The summed E-state index contributed by atoms with van der Waals surface area (Å²) in [6.07, 6.45) is 0. The van der Waals surface area contributed by atoms with Crippen molar-refractivity contribution in [2.24, 2.45) is 10.9 Å². The fraction of sp³-hybridized carbons (Fsp3) is 0.438. The van der Waals surface area contributed by atoms with Crippen LogP contribution in [0.5, 0.6) is 5.75 Å². The van der Waals surface area contributed by atoms with E-state index < -0.39 is 24.0 Å². The number of amides is 2. The van der Waals surface area contributed by atoms with Crippen LogP contribution >= 0.6 is 15.9 Å². The molecule has 1 N–H and O–H groups in total. The number of carbonyl (C=O) groups is 2. The van der Waals surface area contributed by atoms with Gasteiger partial charge < -0.3 is 19.5 Å². The standard InChI is InChI=1S/C16H19BrN2O5/c1-9-13(15(20)24-7-6-22-2)14(19-16(21)18-9)10-4-5-12(23-3)11(17)8-10/h4-5,8,13-14H,6-7H2,1-3H3,(H,19,21). The zero-order valence-corrected chi connectivity index (χ0v) is 15.3. The molecule has 2 rings (SSSR count). The van der Waals surface area contributed by atoms with Gasteiger partial charge in [0.1, 0.15) is 18.3 Å². The van der Waals surface area contributed by atoms with Crippen molar-refractivity contribution < 1.29 is 23.8 Å². The Morgan fingerprint density at radius 1 is 1.33 bits per heavy atom. The van der Waals surface area contributed by atoms with Crippen LogP contribution in [0, 0.1) is 5.92 Å². The number of methoxy groups -OCH3 is 2. The lowest BCUT2D eigenvalue weighted by Crippen LogP contribution is -2.44. The highest BCUT2D eigenvalue weighted by Crippen LogP contribution is 2.33. The predicted octanol–water partition coefficient (Wildman–Crippen LogP) is 2.49. The molecule has 1 aliphatic rings. The summed E-state index contributed by atoms with van der Waals surface area (Å²) in [5.74, 6) is -0.490. The van der Waals surface area contributed by atoms with Gasteiger partial charge in [-0.2, -0.15) is 0 Å². The molecule has 2 unspecified atom stereocenters. The predicted molar refractivity (Wildman–Crippen MR) is 91.4 cm³/mol. The third-order valence-corrected chi connectivity index (χ3v) is 4.28. The molecule has 0 radical (unpaired) electrons. The third kappa shape index (κ3) is 4.12. The first-order chi connectivity index (χ1) is 11.5. The normalized spacial score (nSPS) is 20.2. The minimum Gasteiger partial charge on any atom is -0.496 e. The molecule has 0 aromatic heterocycles. The number of hydrogen-bond donors (Lipinski definition) is 1. The van der Waals surface area contributed by atoms with Gasteiger partial charge in [-0.25, -0.2) is 9.79 Å². The van der Waals surface area contributed by atoms with Gasteiger partial charge >= 0.3 is 12.0 Å². The number of rotatable bonds is 6. The molecule has 1 aromatic carbocycles. The van der Waals surface area contributed by atoms with Crippen molar-refractivity contribution in [1.29, 1.82) is 0 Å². The highest BCUT2D eigenvalue weighted by molar-refractivity contribution is 9.10. The van der Waals surface area contributed by atoms with Crippen molar-refractivity contribution in [2.75, 3.05) is 27.4 Å². The second-order valence-corrected chi connectivity index (χ2v) is 6.07. The number of halogens is 1. The molecule has 0 bridgehead atoms. The van der Waals surface area contributed by atoms with E-state index in [0.717, 1.165) is 10.0 Å². The van der Waals surface area contributed by atoms with Crippen LogP contribution in [-0.2, 0) is 14.3 Å². The van der Waals surface area contributed by atoms with Gasteiger partial charge in [0, 0.05) is 12.8 Å². The van der Waals surface area contributed by atoms with Crippen LogP contribution in [0.1, 0.15) is 18.5 Å². The molecule has 7 nitrogen and oxygen atoms in total. The largest absolute Gasteiger partial charge is 0.496 e. The molecular formula is C16H19BrN2O5. The van der Waals surface area contributed by atoms with Crippen LogP contribution in [-0.4, -0.2) is 45.1 Å². The molecule has 0 spiro atoms. The molecule has 24 heavy (non-hydrogen) atoms. The smallest absolute Gasteiger partial charge is 0.341 e. The van der Waals surface area contributed by atoms with E-state index in [0.29, 0.717) is 18.1 Å². The van der Waals surface area contributed by atoms with Crippen molar-refractivity contribution in [3.05, 3.63) is 28.2 Å². The number of carbonyl (C=O) groups excluding carboxylic acids is 2. The van der Waals surface area contributed by atoms with E-state index in [2.05, 4.69) is 26.2 Å². The van der Waals surface area contributed by atoms with Crippen molar-refractivity contribution in [2.45, 2.75) is 13.0 Å². The van der Waals surface area contributed by atoms with Gasteiger partial charge in [-0.3, -0.25) is 4.79 Å². The van der Waals surface area contributed by atoms with E-state index in [-0.39, 0.29) is 6.61 Å². The Morgan fingerprint density at radius 3 is 2.71 bits per heavy atom. The SMILES string of the molecule is COCCOC(=O)C1C(C)=NC(=O)NC1c1ccc(OC)c(Br)c1. The van der Waals surface area contributed by atoms with Gasteiger partial charge in [0.25, 0.3) is 0 Å². The summed E-state index contributed by atoms with van der Waals surface area (Å²) in [7, 11) is 3.09. The number of esters is 1. The summed E-state index contributed by atoms with van der Waals surface area (Å²) < 4.78 is 16.0. The van der Waals surface area contributed by atoms with E-state index in [9.17, 15) is 9.59 Å². The second kappa shape index (κ2) is 8.25. The fourth-order valence-corrected chi connectivity index (χ4v) is 3.05. The molecule has 2 atom stereocenters. The number of aliphatic imine (C=N–C) groups is 1. The van der Waals surface area contributed by atoms with Crippen molar-refractivity contribution in [1.82, 2.24) is 5.32 Å². The average Bonchev–Trinajstić information content (AvgIpc) is 2.54. The quantitative estimate of drug-likeness (QED) is 0.587. The van der Waals surface area contributed by atoms with E-state index in [1.807, 2.05) is 0 Å². The Kier molecular flexibility index (Phi) is 6.33. The topological polar surface area (TPSA) is 86.2 Å². The summed E-state index contributed by atoms with van der Waals surface area (Å²) in [5.41, 5.74) is 1.16. The monoisotopic (exact) mass is 398 g/mol. The Hall–Kier alpha value is -1.93. The molecule has 2 amide bonds. The highest BCUT2D eigenvalue weighted by Gasteiger charge is 2.38. The molecule has 0 fully saturated rings. The van der Waals surface area contributed by atoms with Crippen molar-refractivity contribution >= 4 is 33.6 Å². The van der Waals surface area contributed by atoms with E-state index in [1.54, 1.807) is 32.2 Å². The summed E-state index contributed by atoms with van der Waals surface area (Å²) in [6.45, 7) is 2.10. The first-order valence-electron chi connectivity index (χ1n) is 7.32. The Morgan fingerprint density at radius 2 is 2.08 bits per heavy atom. The van der Waals surface area contributed by atoms with E-state index in [4.69, 9.17) is 14.2 Å². The van der Waals surface area contributed by atoms with Crippen molar-refractivity contribution in [3.8, 4) is 5.75 Å². The fourth-order valence-electron chi connectivity index (χ4n) is 2.49. The molecule has 0 saturated heterocycles. The number of ether oxygens (including phenoxy) is 3. The lowest BCUT2D eigenvalue weighted by atomic mass is 9.88. The summed E-state index contributed by atoms with van der Waals surface area (Å²) in [5, 5.41) is 2.73. The van der Waals surface area contributed by atoms with Gasteiger partial charge in [0.15, 0.2) is 0 Å². The minimum atomic E-state index is -0.695. The van der Waals surface area contributed by atoms with Gasteiger partial charge in [-0.05, 0) is 40.5 Å². The van der Waals surface area contributed by atoms with Gasteiger partial charge in [0.2, 0.25) is 0 Å². The lowest BCUT2D eigenvalue weighted by molar-refractivity contribution is -0.148. The Balaban J connectivity index is 2.30. The number of benzene rings is 1. The van der Waals surface area contributed by atoms with Crippen LogP contribution < -0.4 is 10.1 Å². The van der Waals surface area contributed by atoms with Gasteiger partial charge in [0.05, 0.1) is 24.2 Å². The van der Waals surface area contributed by atoms with Crippen LogP contribution in [0.25, 0.3) is 0 Å². The molecule has 0 aliphatic carbocycles. The maximum Gasteiger partial charge on any atom is 0.341 e. The number of hydrogen-bond acceptors (Lipinski definition) is 5. The molecule has 130 valence electrons. The minimum absolute atomic E-state index is 0.145. The zero-order chi connectivity index (χ0) is 17.7. The molecular weight excluding hydrogens is 380 g/mol. The van der Waals surface area contributed by atoms with Crippen LogP contribution in [0.2, 0.25) is 0 Å². The van der Waals surface area contributed by atoms with E-state index >= 15 is 0 Å². The number of nitrogens with one attached hydrogen (secondary N) is 1. The second-order valence-electron chi connectivity index (χ2n) is 5.21. The molecule has 1 aromatic rings. The lowest BCUT2D eigenvalue weighted by Gasteiger charge is -2.30. The molecule has 8 heteroatoms. The van der Waals surface area contributed by atoms with Crippen LogP contribution in [0.3, 0.4) is 0 Å². The summed E-state index contributed by atoms with van der Waals surface area (Å²) in [6, 6.07) is 4.32.